The van der Waals surface area contributed by atoms with Gasteiger partial charge in [-0.15, -0.1) is 0 Å². The predicted octanol–water partition coefficient (Wildman–Crippen LogP) is -3.33. The van der Waals surface area contributed by atoms with Gasteiger partial charge in [-0.2, -0.15) is 0 Å². The van der Waals surface area contributed by atoms with Crippen molar-refractivity contribution < 1.29 is 33.9 Å². The van der Waals surface area contributed by atoms with Gasteiger partial charge in [0.25, 0.3) is 0 Å². The SMILES string of the molecule is CC(NC(=O)C(CCC(N)=O)NC(=O)C(NC(=O)C(N)CC(N)=O)C(C)C)C(=O)O. The van der Waals surface area contributed by atoms with E-state index in [4.69, 9.17) is 22.3 Å². The van der Waals surface area contributed by atoms with Crippen LogP contribution in [0.15, 0.2) is 0 Å². The van der Waals surface area contributed by atoms with Crippen molar-refractivity contribution in [2.24, 2.45) is 23.1 Å². The fourth-order valence-corrected chi connectivity index (χ4v) is 2.30. The molecule has 170 valence electrons. The summed E-state index contributed by atoms with van der Waals surface area (Å²) in [5.41, 5.74) is 15.6. The largest absolute Gasteiger partial charge is 0.480 e. The molecule has 13 heteroatoms. The van der Waals surface area contributed by atoms with E-state index in [1.807, 2.05) is 0 Å². The van der Waals surface area contributed by atoms with E-state index in [0.717, 1.165) is 0 Å². The number of rotatable bonds is 13. The van der Waals surface area contributed by atoms with Gasteiger partial charge in [0.1, 0.15) is 18.1 Å². The molecule has 0 aliphatic heterocycles. The van der Waals surface area contributed by atoms with Crippen molar-refractivity contribution in [1.29, 1.82) is 0 Å². The number of primary amides is 2. The molecule has 0 aromatic heterocycles. The van der Waals surface area contributed by atoms with E-state index in [-0.39, 0.29) is 12.8 Å². The van der Waals surface area contributed by atoms with Crippen LogP contribution in [0.25, 0.3) is 0 Å². The van der Waals surface area contributed by atoms with Gasteiger partial charge in [0.2, 0.25) is 29.5 Å². The van der Waals surface area contributed by atoms with Crippen LogP contribution >= 0.6 is 0 Å². The first kappa shape index (κ1) is 26.8. The van der Waals surface area contributed by atoms with Gasteiger partial charge in [0, 0.05) is 6.42 Å². The number of carboxylic acids is 1. The smallest absolute Gasteiger partial charge is 0.325 e. The molecule has 0 saturated heterocycles. The van der Waals surface area contributed by atoms with E-state index >= 15 is 0 Å². The topological polar surface area (TPSA) is 237 Å². The van der Waals surface area contributed by atoms with Crippen molar-refractivity contribution in [1.82, 2.24) is 16.0 Å². The van der Waals surface area contributed by atoms with E-state index in [0.29, 0.717) is 0 Å². The van der Waals surface area contributed by atoms with Crippen LogP contribution in [-0.4, -0.2) is 64.8 Å². The lowest BCUT2D eigenvalue weighted by molar-refractivity contribution is -0.142. The van der Waals surface area contributed by atoms with Gasteiger partial charge in [-0.1, -0.05) is 13.8 Å². The van der Waals surface area contributed by atoms with E-state index < -0.39 is 72.0 Å². The number of carboxylic acid groups (broad SMARTS) is 1. The van der Waals surface area contributed by atoms with Gasteiger partial charge in [0.15, 0.2) is 0 Å². The first-order valence-corrected chi connectivity index (χ1v) is 9.22. The summed E-state index contributed by atoms with van der Waals surface area (Å²) >= 11 is 0. The Morgan fingerprint density at radius 2 is 1.40 bits per heavy atom. The monoisotopic (exact) mass is 430 g/mol. The summed E-state index contributed by atoms with van der Waals surface area (Å²) in [5, 5.41) is 15.9. The zero-order valence-electron chi connectivity index (χ0n) is 17.1. The van der Waals surface area contributed by atoms with E-state index in [1.54, 1.807) is 13.8 Å². The van der Waals surface area contributed by atoms with Crippen LogP contribution in [-0.2, 0) is 28.8 Å². The third-order valence-electron chi connectivity index (χ3n) is 4.05. The number of aliphatic carboxylic acids is 1. The maximum atomic E-state index is 12.7. The van der Waals surface area contributed by atoms with Crippen molar-refractivity contribution in [2.75, 3.05) is 0 Å². The lowest BCUT2D eigenvalue weighted by Crippen LogP contribution is -2.58. The number of amides is 5. The molecule has 0 aliphatic carbocycles. The van der Waals surface area contributed by atoms with Gasteiger partial charge < -0.3 is 38.3 Å². The van der Waals surface area contributed by atoms with Gasteiger partial charge in [-0.25, -0.2) is 0 Å². The molecule has 0 aromatic rings. The number of hydrogen-bond acceptors (Lipinski definition) is 7. The van der Waals surface area contributed by atoms with Gasteiger partial charge >= 0.3 is 5.97 Å². The van der Waals surface area contributed by atoms with Crippen LogP contribution in [0.3, 0.4) is 0 Å². The number of nitrogens with two attached hydrogens (primary N) is 3. The number of nitrogens with one attached hydrogen (secondary N) is 3. The molecular formula is C17H30N6O7. The standard InChI is InChI=1S/C17H30N6O7/c1-7(2)13(23-14(26)9(18)6-12(20)25)16(28)22-10(4-5-11(19)24)15(27)21-8(3)17(29)30/h7-10,13H,4-6,18H2,1-3H3,(H2,19,24)(H2,20,25)(H,21,27)(H,22,28)(H,23,26)(H,29,30). The average molecular weight is 430 g/mol. The molecule has 4 unspecified atom stereocenters. The molecule has 30 heavy (non-hydrogen) atoms. The highest BCUT2D eigenvalue weighted by molar-refractivity contribution is 5.95. The van der Waals surface area contributed by atoms with Gasteiger partial charge in [-0.3, -0.25) is 28.8 Å². The Balaban J connectivity index is 5.34. The molecule has 0 bridgehead atoms. The fourth-order valence-electron chi connectivity index (χ4n) is 2.30. The third kappa shape index (κ3) is 9.82. The van der Waals surface area contributed by atoms with Gasteiger partial charge in [0.05, 0.1) is 12.5 Å². The molecule has 10 N–H and O–H groups in total. The molecule has 0 radical (unpaired) electrons. The highest BCUT2D eigenvalue weighted by Crippen LogP contribution is 2.06. The number of hydrogen-bond donors (Lipinski definition) is 7. The minimum Gasteiger partial charge on any atom is -0.480 e. The molecule has 13 nitrogen and oxygen atoms in total. The zero-order chi connectivity index (χ0) is 23.6. The molecule has 0 spiro atoms. The Labute approximate surface area is 173 Å². The predicted molar refractivity (Wildman–Crippen MR) is 104 cm³/mol. The third-order valence-corrected chi connectivity index (χ3v) is 4.05. The molecular weight excluding hydrogens is 400 g/mol. The maximum absolute atomic E-state index is 12.7. The second-order valence-corrected chi connectivity index (χ2v) is 7.14. The summed E-state index contributed by atoms with van der Waals surface area (Å²) in [6, 6.07) is -4.90. The molecule has 0 aliphatic rings. The maximum Gasteiger partial charge on any atom is 0.325 e. The summed E-state index contributed by atoms with van der Waals surface area (Å²) < 4.78 is 0. The van der Waals surface area contributed by atoms with Gasteiger partial charge in [-0.05, 0) is 19.3 Å². The normalized spacial score (nSPS) is 14.7. The Hall–Kier alpha value is -3.22. The highest BCUT2D eigenvalue weighted by Gasteiger charge is 2.31. The first-order chi connectivity index (χ1) is 13.8. The Bertz CT molecular complexity index is 682. The Morgan fingerprint density at radius 3 is 1.83 bits per heavy atom. The molecule has 5 amide bonds. The summed E-state index contributed by atoms with van der Waals surface area (Å²) in [5.74, 6) is -5.64. The Kier molecular flexibility index (Phi) is 11.0. The van der Waals surface area contributed by atoms with E-state index in [2.05, 4.69) is 16.0 Å². The Morgan fingerprint density at radius 1 is 0.833 bits per heavy atom. The van der Waals surface area contributed by atoms with E-state index in [9.17, 15) is 28.8 Å². The lowest BCUT2D eigenvalue weighted by atomic mass is 10.0. The second kappa shape index (κ2) is 12.4. The van der Waals surface area contributed by atoms with Crippen LogP contribution in [0.1, 0.15) is 40.0 Å². The minimum absolute atomic E-state index is 0.181. The molecule has 0 fully saturated rings. The molecule has 0 rings (SSSR count). The van der Waals surface area contributed by atoms with Crippen molar-refractivity contribution in [2.45, 2.75) is 64.2 Å². The second-order valence-electron chi connectivity index (χ2n) is 7.14. The van der Waals surface area contributed by atoms with Crippen LogP contribution in [0.2, 0.25) is 0 Å². The summed E-state index contributed by atoms with van der Waals surface area (Å²) in [7, 11) is 0. The number of carbonyl (C=O) groups excluding carboxylic acids is 5. The van der Waals surface area contributed by atoms with Crippen molar-refractivity contribution in [3.05, 3.63) is 0 Å². The molecule has 0 aromatic carbocycles. The zero-order valence-corrected chi connectivity index (χ0v) is 17.1. The van der Waals surface area contributed by atoms with E-state index in [1.165, 1.54) is 6.92 Å². The van der Waals surface area contributed by atoms with Crippen molar-refractivity contribution in [3.63, 3.8) is 0 Å². The summed E-state index contributed by atoms with van der Waals surface area (Å²) in [4.78, 5) is 70.1. The molecule has 0 heterocycles. The average Bonchev–Trinajstić information content (AvgIpc) is 2.61. The van der Waals surface area contributed by atoms with Crippen molar-refractivity contribution >= 4 is 35.5 Å². The number of carbonyl (C=O) groups is 6. The van der Waals surface area contributed by atoms with Crippen LogP contribution < -0.4 is 33.2 Å². The molecule has 4 atom stereocenters. The van der Waals surface area contributed by atoms with Crippen molar-refractivity contribution in [3.8, 4) is 0 Å². The highest BCUT2D eigenvalue weighted by atomic mass is 16.4. The minimum atomic E-state index is -1.29. The quantitative estimate of drug-likeness (QED) is 0.155. The van der Waals surface area contributed by atoms with Crippen LogP contribution in [0.4, 0.5) is 0 Å². The fraction of sp³-hybridized carbons (Fsp3) is 0.647. The first-order valence-electron chi connectivity index (χ1n) is 9.22. The molecule has 0 saturated carbocycles. The summed E-state index contributed by atoms with van der Waals surface area (Å²) in [6.07, 6.45) is -0.851. The van der Waals surface area contributed by atoms with Crippen LogP contribution in [0.5, 0.6) is 0 Å². The lowest BCUT2D eigenvalue weighted by Gasteiger charge is -2.26. The summed E-state index contributed by atoms with van der Waals surface area (Å²) in [6.45, 7) is 4.47. The van der Waals surface area contributed by atoms with Crippen LogP contribution in [0, 0.1) is 5.92 Å².